The van der Waals surface area contributed by atoms with Crippen LogP contribution in [0.25, 0.3) is 16.8 Å². The maximum atomic E-state index is 12.4. The molecule has 3 nitrogen and oxygen atoms in total. The molecule has 4 rings (SSSR count). The van der Waals surface area contributed by atoms with Crippen LogP contribution >= 0.6 is 46.6 Å². The van der Waals surface area contributed by atoms with Crippen LogP contribution in [0.1, 0.15) is 18.1 Å². The Morgan fingerprint density at radius 3 is 2.69 bits per heavy atom. The fraction of sp³-hybridized carbons (Fsp3) is 0.130. The van der Waals surface area contributed by atoms with Crippen molar-refractivity contribution in [2.45, 2.75) is 13.5 Å². The standard InChI is InChI=1S/C23H18INO2S2/c1-2-25-22(26)21(29-23(25)28)13-15-10-11-20(19(24)12-15)27-14-17-8-5-7-16-6-3-4-9-18(16)17/h3-13H,2,14H2,1H3/b21-13-. The molecule has 0 atom stereocenters. The molecule has 1 fully saturated rings. The molecule has 0 bridgehead atoms. The first-order valence-electron chi connectivity index (χ1n) is 9.21. The predicted octanol–water partition coefficient (Wildman–Crippen LogP) is 6.24. The van der Waals surface area contributed by atoms with Crippen LogP contribution < -0.4 is 4.74 Å². The number of likely N-dealkylation sites (N-methyl/N-ethyl adjacent to an activating group) is 1. The third-order valence-electron chi connectivity index (χ3n) is 4.71. The summed E-state index contributed by atoms with van der Waals surface area (Å²) in [7, 11) is 0. The summed E-state index contributed by atoms with van der Waals surface area (Å²) in [5.41, 5.74) is 2.12. The highest BCUT2D eigenvalue weighted by Gasteiger charge is 2.30. The Bertz CT molecular complexity index is 1140. The van der Waals surface area contributed by atoms with E-state index in [0.29, 0.717) is 22.4 Å². The van der Waals surface area contributed by atoms with Crippen molar-refractivity contribution in [2.24, 2.45) is 0 Å². The molecule has 1 aliphatic heterocycles. The van der Waals surface area contributed by atoms with Gasteiger partial charge in [0.1, 0.15) is 16.7 Å². The van der Waals surface area contributed by atoms with E-state index in [1.165, 1.54) is 22.5 Å². The Labute approximate surface area is 193 Å². The van der Waals surface area contributed by atoms with Crippen LogP contribution in [0.3, 0.4) is 0 Å². The molecule has 146 valence electrons. The normalized spacial score (nSPS) is 15.5. The van der Waals surface area contributed by atoms with Gasteiger partial charge in [0.2, 0.25) is 0 Å². The van der Waals surface area contributed by atoms with E-state index in [1.807, 2.05) is 43.3 Å². The topological polar surface area (TPSA) is 29.5 Å². The maximum Gasteiger partial charge on any atom is 0.266 e. The number of carbonyl (C=O) groups excluding carboxylic acids is 1. The van der Waals surface area contributed by atoms with E-state index in [2.05, 4.69) is 52.9 Å². The Balaban J connectivity index is 1.51. The summed E-state index contributed by atoms with van der Waals surface area (Å²) in [5, 5.41) is 2.42. The number of fused-ring (bicyclic) bond motifs is 1. The average molecular weight is 531 g/mol. The summed E-state index contributed by atoms with van der Waals surface area (Å²) >= 11 is 8.90. The molecule has 0 aliphatic carbocycles. The average Bonchev–Trinajstić information content (AvgIpc) is 2.99. The molecular formula is C23H18INO2S2. The molecule has 1 heterocycles. The van der Waals surface area contributed by atoms with Crippen molar-refractivity contribution in [3.63, 3.8) is 0 Å². The van der Waals surface area contributed by atoms with Crippen LogP contribution in [0, 0.1) is 3.57 Å². The number of halogens is 1. The van der Waals surface area contributed by atoms with Crippen LogP contribution in [0.4, 0.5) is 0 Å². The predicted molar refractivity (Wildman–Crippen MR) is 133 cm³/mol. The van der Waals surface area contributed by atoms with Gasteiger partial charge in [-0.3, -0.25) is 9.69 Å². The van der Waals surface area contributed by atoms with Crippen molar-refractivity contribution in [2.75, 3.05) is 6.54 Å². The van der Waals surface area contributed by atoms with Gasteiger partial charge in [-0.2, -0.15) is 0 Å². The lowest BCUT2D eigenvalue weighted by Gasteiger charge is -2.11. The summed E-state index contributed by atoms with van der Waals surface area (Å²) in [4.78, 5) is 14.7. The Morgan fingerprint density at radius 1 is 1.14 bits per heavy atom. The summed E-state index contributed by atoms with van der Waals surface area (Å²) in [5.74, 6) is 0.811. The number of hydrogen-bond acceptors (Lipinski definition) is 4. The second-order valence-corrected chi connectivity index (χ2v) is 9.38. The molecule has 1 saturated heterocycles. The molecule has 29 heavy (non-hydrogen) atoms. The lowest BCUT2D eigenvalue weighted by Crippen LogP contribution is -2.27. The number of thiocarbonyl (C=S) groups is 1. The van der Waals surface area contributed by atoms with Gasteiger partial charge in [-0.1, -0.05) is 72.5 Å². The van der Waals surface area contributed by atoms with Crippen LogP contribution in [0.5, 0.6) is 5.75 Å². The SMILES string of the molecule is CCN1C(=O)/C(=C/c2ccc(OCc3cccc4ccccc34)c(I)c2)SC1=S. The minimum Gasteiger partial charge on any atom is -0.488 e. The summed E-state index contributed by atoms with van der Waals surface area (Å²) in [6.45, 7) is 3.03. The lowest BCUT2D eigenvalue weighted by atomic mass is 10.1. The molecule has 1 amide bonds. The number of carbonyl (C=O) groups is 1. The molecule has 0 N–H and O–H groups in total. The molecule has 0 aromatic heterocycles. The number of rotatable bonds is 5. The van der Waals surface area contributed by atoms with Gasteiger partial charge in [0.25, 0.3) is 5.91 Å². The Morgan fingerprint density at radius 2 is 1.93 bits per heavy atom. The summed E-state index contributed by atoms with van der Waals surface area (Å²) in [6.07, 6.45) is 1.89. The van der Waals surface area contributed by atoms with Crippen molar-refractivity contribution >= 4 is 73.6 Å². The van der Waals surface area contributed by atoms with Gasteiger partial charge in [0.15, 0.2) is 0 Å². The van der Waals surface area contributed by atoms with E-state index in [0.717, 1.165) is 20.4 Å². The molecule has 6 heteroatoms. The zero-order valence-corrected chi connectivity index (χ0v) is 19.5. The monoisotopic (exact) mass is 531 g/mol. The first-order chi connectivity index (χ1) is 14.1. The maximum absolute atomic E-state index is 12.4. The number of nitrogens with zero attached hydrogens (tertiary/aromatic N) is 1. The number of ether oxygens (including phenoxy) is 1. The molecule has 3 aromatic rings. The van der Waals surface area contributed by atoms with Gasteiger partial charge >= 0.3 is 0 Å². The van der Waals surface area contributed by atoms with Gasteiger partial charge in [-0.15, -0.1) is 0 Å². The van der Waals surface area contributed by atoms with Gasteiger partial charge in [-0.25, -0.2) is 0 Å². The fourth-order valence-electron chi connectivity index (χ4n) is 3.22. The Hall–Kier alpha value is -1.90. The number of amides is 1. The van der Waals surface area contributed by atoms with E-state index < -0.39 is 0 Å². The molecule has 3 aromatic carbocycles. The van der Waals surface area contributed by atoms with E-state index >= 15 is 0 Å². The summed E-state index contributed by atoms with van der Waals surface area (Å²) < 4.78 is 7.72. The fourth-order valence-corrected chi connectivity index (χ4v) is 5.30. The van der Waals surface area contributed by atoms with Crippen molar-refractivity contribution in [1.29, 1.82) is 0 Å². The molecular weight excluding hydrogens is 513 g/mol. The van der Waals surface area contributed by atoms with E-state index in [9.17, 15) is 4.79 Å². The van der Waals surface area contributed by atoms with E-state index in [4.69, 9.17) is 17.0 Å². The first kappa shape index (κ1) is 20.4. The number of benzene rings is 3. The highest BCUT2D eigenvalue weighted by molar-refractivity contribution is 14.1. The molecule has 0 spiro atoms. The lowest BCUT2D eigenvalue weighted by molar-refractivity contribution is -0.121. The zero-order valence-electron chi connectivity index (χ0n) is 15.7. The van der Waals surface area contributed by atoms with Crippen molar-refractivity contribution in [1.82, 2.24) is 4.90 Å². The molecule has 0 radical (unpaired) electrons. The third kappa shape index (κ3) is 4.34. The smallest absolute Gasteiger partial charge is 0.266 e. The van der Waals surface area contributed by atoms with Gasteiger partial charge in [-0.05, 0) is 69.6 Å². The van der Waals surface area contributed by atoms with Crippen molar-refractivity contribution in [3.8, 4) is 5.75 Å². The first-order valence-corrected chi connectivity index (χ1v) is 11.5. The Kier molecular flexibility index (Phi) is 6.22. The highest BCUT2D eigenvalue weighted by Crippen LogP contribution is 2.33. The quantitative estimate of drug-likeness (QED) is 0.221. The largest absolute Gasteiger partial charge is 0.488 e. The minimum atomic E-state index is -0.0196. The number of thioether (sulfide) groups is 1. The van der Waals surface area contributed by atoms with E-state index in [-0.39, 0.29) is 5.91 Å². The minimum absolute atomic E-state index is 0.0196. The molecule has 1 aliphatic rings. The van der Waals surface area contributed by atoms with Crippen LogP contribution in [0.15, 0.2) is 65.6 Å². The van der Waals surface area contributed by atoms with Crippen LogP contribution in [-0.4, -0.2) is 21.7 Å². The second-order valence-electron chi connectivity index (χ2n) is 6.54. The van der Waals surface area contributed by atoms with Crippen LogP contribution in [0.2, 0.25) is 0 Å². The third-order valence-corrected chi connectivity index (χ3v) is 6.93. The van der Waals surface area contributed by atoms with Gasteiger partial charge < -0.3 is 4.74 Å². The highest BCUT2D eigenvalue weighted by atomic mass is 127. The van der Waals surface area contributed by atoms with E-state index in [1.54, 1.807) is 4.90 Å². The van der Waals surface area contributed by atoms with Crippen molar-refractivity contribution in [3.05, 3.63) is 80.3 Å². The van der Waals surface area contributed by atoms with Crippen LogP contribution in [-0.2, 0) is 11.4 Å². The second kappa shape index (κ2) is 8.85. The van der Waals surface area contributed by atoms with Gasteiger partial charge in [0.05, 0.1) is 8.48 Å². The zero-order chi connectivity index (χ0) is 20.4. The van der Waals surface area contributed by atoms with Gasteiger partial charge in [0, 0.05) is 6.54 Å². The molecule has 0 saturated carbocycles. The van der Waals surface area contributed by atoms with Crippen molar-refractivity contribution < 1.29 is 9.53 Å². The number of hydrogen-bond donors (Lipinski definition) is 0. The molecule has 0 unspecified atom stereocenters. The summed E-state index contributed by atoms with van der Waals surface area (Å²) in [6, 6.07) is 20.5.